The van der Waals surface area contributed by atoms with Crippen molar-refractivity contribution in [1.82, 2.24) is 20.2 Å². The van der Waals surface area contributed by atoms with Gasteiger partial charge in [0.15, 0.2) is 5.65 Å². The Morgan fingerprint density at radius 3 is 3.29 bits per heavy atom. The molecular weight excluding hydrogens is 222 g/mol. The summed E-state index contributed by atoms with van der Waals surface area (Å²) in [5.74, 6) is 0. The van der Waals surface area contributed by atoms with E-state index in [4.69, 9.17) is 5.53 Å². The van der Waals surface area contributed by atoms with E-state index in [2.05, 4.69) is 30.2 Å². The van der Waals surface area contributed by atoms with Crippen LogP contribution in [0.2, 0.25) is 0 Å². The van der Waals surface area contributed by atoms with Crippen molar-refractivity contribution in [3.05, 3.63) is 38.9 Å². The summed E-state index contributed by atoms with van der Waals surface area (Å²) in [4.78, 5) is 20.6. The average Bonchev–Trinajstić information content (AvgIpc) is 2.74. The lowest BCUT2D eigenvalue weighted by molar-refractivity contribution is 0.994. The standard InChI is InChI=1S/C9H9N7O/c10-16-13-4-2-1-3-6-7-8(15-14-6)11-5-12-9(7)17/h1,3,5H,2,4H2,(H2,11,12,14,15,17). The topological polar surface area (TPSA) is 123 Å². The Morgan fingerprint density at radius 2 is 2.47 bits per heavy atom. The number of hydrogen-bond donors (Lipinski definition) is 2. The van der Waals surface area contributed by atoms with Crippen LogP contribution in [0, 0.1) is 0 Å². The van der Waals surface area contributed by atoms with Crippen LogP contribution in [0.3, 0.4) is 0 Å². The monoisotopic (exact) mass is 231 g/mol. The number of aromatic nitrogens is 4. The van der Waals surface area contributed by atoms with Crippen molar-refractivity contribution < 1.29 is 0 Å². The Bertz CT molecular complexity index is 647. The Balaban J connectivity index is 2.24. The minimum Gasteiger partial charge on any atom is -0.312 e. The zero-order chi connectivity index (χ0) is 12.1. The second-order valence-corrected chi connectivity index (χ2v) is 3.21. The van der Waals surface area contributed by atoms with Crippen LogP contribution < -0.4 is 5.56 Å². The molecule has 2 rings (SSSR count). The number of nitrogens with zero attached hydrogens (tertiary/aromatic N) is 5. The molecule has 0 amide bonds. The van der Waals surface area contributed by atoms with Gasteiger partial charge in [-0.15, -0.1) is 0 Å². The smallest absolute Gasteiger partial charge is 0.262 e. The molecule has 2 N–H and O–H groups in total. The van der Waals surface area contributed by atoms with Crippen LogP contribution in [0.1, 0.15) is 12.1 Å². The van der Waals surface area contributed by atoms with E-state index in [1.165, 1.54) is 6.33 Å². The first-order chi connectivity index (χ1) is 8.33. The van der Waals surface area contributed by atoms with Crippen LogP contribution in [0.4, 0.5) is 0 Å². The zero-order valence-corrected chi connectivity index (χ0v) is 8.79. The number of nitrogens with one attached hydrogen (secondary N) is 2. The molecule has 0 aromatic carbocycles. The lowest BCUT2D eigenvalue weighted by atomic mass is 10.2. The summed E-state index contributed by atoms with van der Waals surface area (Å²) < 4.78 is 0. The van der Waals surface area contributed by atoms with E-state index in [1.54, 1.807) is 12.2 Å². The number of rotatable bonds is 4. The fourth-order valence-electron chi connectivity index (χ4n) is 1.39. The molecule has 0 spiro atoms. The second kappa shape index (κ2) is 4.95. The van der Waals surface area contributed by atoms with Gasteiger partial charge in [0.05, 0.1) is 12.0 Å². The van der Waals surface area contributed by atoms with Crippen molar-refractivity contribution >= 4 is 17.1 Å². The molecule has 0 bridgehead atoms. The van der Waals surface area contributed by atoms with Crippen LogP contribution in [0.25, 0.3) is 27.6 Å². The zero-order valence-electron chi connectivity index (χ0n) is 8.79. The first-order valence-corrected chi connectivity index (χ1v) is 4.92. The molecular formula is C9H9N7O. The maximum absolute atomic E-state index is 11.5. The summed E-state index contributed by atoms with van der Waals surface area (Å²) in [7, 11) is 0. The Labute approximate surface area is 95.0 Å². The SMILES string of the molecule is [N-]=[N+]=NCCC=Cc1[nH]nc2nc[nH]c(=O)c12. The predicted octanol–water partition coefficient (Wildman–Crippen LogP) is 1.36. The third-order valence-corrected chi connectivity index (χ3v) is 2.13. The van der Waals surface area contributed by atoms with Crippen LogP contribution in [-0.4, -0.2) is 26.7 Å². The lowest BCUT2D eigenvalue weighted by Crippen LogP contribution is -2.05. The lowest BCUT2D eigenvalue weighted by Gasteiger charge is -1.88. The third kappa shape index (κ3) is 2.32. The number of hydrogen-bond acceptors (Lipinski definition) is 4. The van der Waals surface area contributed by atoms with E-state index < -0.39 is 0 Å². The third-order valence-electron chi connectivity index (χ3n) is 2.13. The molecule has 0 saturated heterocycles. The number of H-pyrrole nitrogens is 2. The quantitative estimate of drug-likeness (QED) is 0.357. The highest BCUT2D eigenvalue weighted by atomic mass is 16.1. The van der Waals surface area contributed by atoms with E-state index in [0.29, 0.717) is 29.7 Å². The molecule has 0 aliphatic carbocycles. The van der Waals surface area contributed by atoms with E-state index in [1.807, 2.05) is 0 Å². The highest BCUT2D eigenvalue weighted by molar-refractivity contribution is 5.82. The van der Waals surface area contributed by atoms with Gasteiger partial charge in [-0.1, -0.05) is 11.2 Å². The Morgan fingerprint density at radius 1 is 1.59 bits per heavy atom. The highest BCUT2D eigenvalue weighted by Crippen LogP contribution is 2.09. The van der Waals surface area contributed by atoms with Crippen molar-refractivity contribution in [3.63, 3.8) is 0 Å². The maximum atomic E-state index is 11.5. The molecule has 0 aliphatic rings. The number of azide groups is 1. The average molecular weight is 231 g/mol. The molecule has 0 radical (unpaired) electrons. The van der Waals surface area contributed by atoms with Gasteiger partial charge in [-0.2, -0.15) is 5.10 Å². The summed E-state index contributed by atoms with van der Waals surface area (Å²) in [5, 5.41) is 10.4. The predicted molar refractivity (Wildman–Crippen MR) is 62.2 cm³/mol. The Hall–Kier alpha value is -2.60. The minimum atomic E-state index is -0.238. The van der Waals surface area contributed by atoms with E-state index in [9.17, 15) is 4.79 Å². The van der Waals surface area contributed by atoms with E-state index in [0.717, 1.165) is 0 Å². The van der Waals surface area contributed by atoms with Crippen molar-refractivity contribution in [3.8, 4) is 0 Å². The molecule has 0 aliphatic heterocycles. The summed E-state index contributed by atoms with van der Waals surface area (Å²) in [5.41, 5.74) is 8.83. The van der Waals surface area contributed by atoms with Crippen molar-refractivity contribution in [2.75, 3.05) is 6.54 Å². The highest BCUT2D eigenvalue weighted by Gasteiger charge is 2.06. The molecule has 2 aromatic rings. The van der Waals surface area contributed by atoms with Gasteiger partial charge in [0.2, 0.25) is 0 Å². The Kier molecular flexibility index (Phi) is 3.18. The largest absolute Gasteiger partial charge is 0.312 e. The van der Waals surface area contributed by atoms with Crippen molar-refractivity contribution in [2.45, 2.75) is 6.42 Å². The first-order valence-electron chi connectivity index (χ1n) is 4.92. The maximum Gasteiger partial charge on any atom is 0.262 e. The normalized spacial score (nSPS) is 10.8. The van der Waals surface area contributed by atoms with E-state index >= 15 is 0 Å². The molecule has 8 nitrogen and oxygen atoms in total. The van der Waals surface area contributed by atoms with Gasteiger partial charge in [-0.05, 0) is 18.0 Å². The summed E-state index contributed by atoms with van der Waals surface area (Å²) in [6.45, 7) is 0.383. The molecule has 8 heteroatoms. The molecule has 0 saturated carbocycles. The molecule has 2 aromatic heterocycles. The second-order valence-electron chi connectivity index (χ2n) is 3.21. The van der Waals surface area contributed by atoms with Crippen LogP contribution in [-0.2, 0) is 0 Å². The van der Waals surface area contributed by atoms with Crippen molar-refractivity contribution in [1.29, 1.82) is 0 Å². The first kappa shape index (κ1) is 10.9. The van der Waals surface area contributed by atoms with Crippen molar-refractivity contribution in [2.24, 2.45) is 5.11 Å². The molecule has 0 fully saturated rings. The molecule has 0 unspecified atom stereocenters. The summed E-state index contributed by atoms with van der Waals surface area (Å²) in [6, 6.07) is 0. The summed E-state index contributed by atoms with van der Waals surface area (Å²) in [6.07, 6.45) is 5.43. The molecule has 17 heavy (non-hydrogen) atoms. The fraction of sp³-hybridized carbons (Fsp3) is 0.222. The number of aromatic amines is 2. The van der Waals surface area contributed by atoms with Gasteiger partial charge in [0.25, 0.3) is 5.56 Å². The molecule has 86 valence electrons. The minimum absolute atomic E-state index is 0.238. The van der Waals surface area contributed by atoms with Gasteiger partial charge in [-0.3, -0.25) is 9.89 Å². The van der Waals surface area contributed by atoms with Gasteiger partial charge < -0.3 is 4.98 Å². The molecule has 0 atom stereocenters. The van der Waals surface area contributed by atoms with Gasteiger partial charge in [0, 0.05) is 11.5 Å². The van der Waals surface area contributed by atoms with Gasteiger partial charge >= 0.3 is 0 Å². The summed E-state index contributed by atoms with van der Waals surface area (Å²) >= 11 is 0. The van der Waals surface area contributed by atoms with Gasteiger partial charge in [-0.25, -0.2) is 4.98 Å². The molecule has 2 heterocycles. The van der Waals surface area contributed by atoms with Gasteiger partial charge in [0.1, 0.15) is 5.39 Å². The number of fused-ring (bicyclic) bond motifs is 1. The van der Waals surface area contributed by atoms with E-state index in [-0.39, 0.29) is 5.56 Å². The fourth-order valence-corrected chi connectivity index (χ4v) is 1.39. The van der Waals surface area contributed by atoms with Crippen LogP contribution in [0.15, 0.2) is 22.3 Å². The van der Waals surface area contributed by atoms with Crippen LogP contribution >= 0.6 is 0 Å². The van der Waals surface area contributed by atoms with Crippen LogP contribution in [0.5, 0.6) is 0 Å².